The second-order valence-electron chi connectivity index (χ2n) is 5.63. The smallest absolute Gasteiger partial charge is 0.251 e. The van der Waals surface area contributed by atoms with E-state index in [1.165, 1.54) is 0 Å². The van der Waals surface area contributed by atoms with Gasteiger partial charge in [-0.05, 0) is 23.6 Å². The fourth-order valence-corrected chi connectivity index (χ4v) is 2.45. The summed E-state index contributed by atoms with van der Waals surface area (Å²) in [6, 6.07) is 7.44. The molecule has 2 rings (SSSR count). The standard InChI is InChI=1S/C16H25N3O2.ClH/c1-13(12-19-6-8-21-9-7-19)11-18-16(20)15-4-2-14(10-17)3-5-15;/h2-5,13H,6-12,17H2,1H3,(H,18,20);1H. The molecule has 1 aliphatic rings. The molecule has 1 heterocycles. The zero-order chi connectivity index (χ0) is 15.1. The molecule has 1 aliphatic heterocycles. The molecule has 1 fully saturated rings. The number of morpholine rings is 1. The van der Waals surface area contributed by atoms with Gasteiger partial charge in [0.05, 0.1) is 13.2 Å². The molecule has 1 atom stereocenters. The molecule has 124 valence electrons. The summed E-state index contributed by atoms with van der Waals surface area (Å²) in [5.41, 5.74) is 7.27. The van der Waals surface area contributed by atoms with Crippen LogP contribution < -0.4 is 11.1 Å². The molecule has 1 amide bonds. The SMILES string of the molecule is CC(CNC(=O)c1ccc(CN)cc1)CN1CCOCC1.Cl. The van der Waals surface area contributed by atoms with E-state index in [-0.39, 0.29) is 18.3 Å². The van der Waals surface area contributed by atoms with E-state index in [4.69, 9.17) is 10.5 Å². The van der Waals surface area contributed by atoms with Crippen molar-refractivity contribution in [3.8, 4) is 0 Å². The van der Waals surface area contributed by atoms with Crippen molar-refractivity contribution in [2.45, 2.75) is 13.5 Å². The fraction of sp³-hybridized carbons (Fsp3) is 0.562. The van der Waals surface area contributed by atoms with Crippen molar-refractivity contribution in [2.24, 2.45) is 11.7 Å². The molecule has 3 N–H and O–H groups in total. The maximum absolute atomic E-state index is 12.1. The summed E-state index contributed by atoms with van der Waals surface area (Å²) >= 11 is 0. The number of ether oxygens (including phenoxy) is 1. The Morgan fingerprint density at radius 2 is 1.95 bits per heavy atom. The number of amides is 1. The number of nitrogens with zero attached hydrogens (tertiary/aromatic N) is 1. The Labute approximate surface area is 138 Å². The van der Waals surface area contributed by atoms with Crippen LogP contribution in [0.1, 0.15) is 22.8 Å². The van der Waals surface area contributed by atoms with Crippen LogP contribution in [0.3, 0.4) is 0 Å². The third-order valence-corrected chi connectivity index (χ3v) is 3.74. The van der Waals surface area contributed by atoms with Gasteiger partial charge in [-0.15, -0.1) is 12.4 Å². The number of carbonyl (C=O) groups is 1. The Morgan fingerprint density at radius 3 is 2.55 bits per heavy atom. The van der Waals surface area contributed by atoms with Gasteiger partial charge in [-0.25, -0.2) is 0 Å². The third kappa shape index (κ3) is 5.93. The van der Waals surface area contributed by atoms with E-state index in [9.17, 15) is 4.79 Å². The van der Waals surface area contributed by atoms with Gasteiger partial charge >= 0.3 is 0 Å². The number of halogens is 1. The number of hydrogen-bond acceptors (Lipinski definition) is 4. The molecule has 5 nitrogen and oxygen atoms in total. The molecule has 0 radical (unpaired) electrons. The van der Waals surface area contributed by atoms with Crippen LogP contribution in [0, 0.1) is 5.92 Å². The number of hydrogen-bond donors (Lipinski definition) is 2. The van der Waals surface area contributed by atoms with Gasteiger partial charge in [-0.1, -0.05) is 19.1 Å². The first-order valence-electron chi connectivity index (χ1n) is 7.56. The van der Waals surface area contributed by atoms with Crippen LogP contribution in [0.2, 0.25) is 0 Å². The number of nitrogens with one attached hydrogen (secondary N) is 1. The van der Waals surface area contributed by atoms with Crippen molar-refractivity contribution in [1.29, 1.82) is 0 Å². The van der Waals surface area contributed by atoms with E-state index < -0.39 is 0 Å². The topological polar surface area (TPSA) is 67.6 Å². The highest BCUT2D eigenvalue weighted by Crippen LogP contribution is 2.05. The first-order valence-corrected chi connectivity index (χ1v) is 7.56. The number of nitrogens with two attached hydrogens (primary N) is 1. The number of rotatable bonds is 6. The van der Waals surface area contributed by atoms with Gasteiger partial charge in [-0.3, -0.25) is 9.69 Å². The van der Waals surface area contributed by atoms with E-state index in [1.807, 2.05) is 24.3 Å². The van der Waals surface area contributed by atoms with Gasteiger partial charge in [0.1, 0.15) is 0 Å². The highest BCUT2D eigenvalue weighted by molar-refractivity contribution is 5.94. The maximum atomic E-state index is 12.1. The Balaban J connectivity index is 0.00000242. The summed E-state index contributed by atoms with van der Waals surface area (Å²) in [4.78, 5) is 14.5. The number of carbonyl (C=O) groups excluding carboxylic acids is 1. The van der Waals surface area contributed by atoms with Gasteiger partial charge in [-0.2, -0.15) is 0 Å². The van der Waals surface area contributed by atoms with Crippen LogP contribution in [0.25, 0.3) is 0 Å². The van der Waals surface area contributed by atoms with Crippen LogP contribution >= 0.6 is 12.4 Å². The lowest BCUT2D eigenvalue weighted by Gasteiger charge is -2.29. The molecule has 6 heteroatoms. The molecule has 22 heavy (non-hydrogen) atoms. The predicted octanol–water partition coefficient (Wildman–Crippen LogP) is 1.27. The molecule has 0 spiro atoms. The quantitative estimate of drug-likeness (QED) is 0.825. The Hall–Kier alpha value is -1.14. The zero-order valence-electron chi connectivity index (χ0n) is 13.1. The monoisotopic (exact) mass is 327 g/mol. The average molecular weight is 328 g/mol. The highest BCUT2D eigenvalue weighted by atomic mass is 35.5. The van der Waals surface area contributed by atoms with Crippen LogP contribution in [0.15, 0.2) is 24.3 Å². The maximum Gasteiger partial charge on any atom is 0.251 e. The molecule has 1 unspecified atom stereocenters. The van der Waals surface area contributed by atoms with E-state index in [2.05, 4.69) is 17.1 Å². The summed E-state index contributed by atoms with van der Waals surface area (Å²) in [7, 11) is 0. The number of benzene rings is 1. The summed E-state index contributed by atoms with van der Waals surface area (Å²) in [6.45, 7) is 7.94. The van der Waals surface area contributed by atoms with Gasteiger partial charge in [0.2, 0.25) is 0 Å². The van der Waals surface area contributed by atoms with E-state index in [0.29, 0.717) is 24.6 Å². The lowest BCUT2D eigenvalue weighted by Crippen LogP contribution is -2.41. The van der Waals surface area contributed by atoms with Crippen LogP contribution in [-0.4, -0.2) is 50.2 Å². The molecule has 0 aliphatic carbocycles. The zero-order valence-corrected chi connectivity index (χ0v) is 13.9. The molecule has 0 bridgehead atoms. The van der Waals surface area contributed by atoms with E-state index >= 15 is 0 Å². The van der Waals surface area contributed by atoms with E-state index in [1.54, 1.807) is 0 Å². The van der Waals surface area contributed by atoms with Crippen molar-refractivity contribution in [3.05, 3.63) is 35.4 Å². The first kappa shape index (κ1) is 18.9. The largest absolute Gasteiger partial charge is 0.379 e. The Morgan fingerprint density at radius 1 is 1.32 bits per heavy atom. The van der Waals surface area contributed by atoms with Crippen molar-refractivity contribution >= 4 is 18.3 Å². The minimum absolute atomic E-state index is 0. The van der Waals surface area contributed by atoms with Crippen LogP contribution in [0.5, 0.6) is 0 Å². The normalized spacial score (nSPS) is 16.6. The molecule has 1 aromatic carbocycles. The Bertz CT molecular complexity index is 447. The summed E-state index contributed by atoms with van der Waals surface area (Å²) in [5.74, 6) is 0.405. The minimum Gasteiger partial charge on any atom is -0.379 e. The molecule has 1 aromatic rings. The van der Waals surface area contributed by atoms with Crippen LogP contribution in [0.4, 0.5) is 0 Å². The molecule has 1 saturated heterocycles. The van der Waals surface area contributed by atoms with Crippen molar-refractivity contribution < 1.29 is 9.53 Å². The van der Waals surface area contributed by atoms with E-state index in [0.717, 1.165) is 38.4 Å². The highest BCUT2D eigenvalue weighted by Gasteiger charge is 2.14. The second-order valence-corrected chi connectivity index (χ2v) is 5.63. The van der Waals surface area contributed by atoms with Gasteiger partial charge in [0.25, 0.3) is 5.91 Å². The lowest BCUT2D eigenvalue weighted by molar-refractivity contribution is 0.0317. The molecule has 0 aromatic heterocycles. The van der Waals surface area contributed by atoms with Crippen LogP contribution in [-0.2, 0) is 11.3 Å². The van der Waals surface area contributed by atoms with Crippen molar-refractivity contribution in [2.75, 3.05) is 39.4 Å². The predicted molar refractivity (Wildman–Crippen MR) is 90.3 cm³/mol. The Kier molecular flexibility index (Phi) is 8.42. The third-order valence-electron chi connectivity index (χ3n) is 3.74. The molecular weight excluding hydrogens is 302 g/mol. The van der Waals surface area contributed by atoms with Gasteiger partial charge < -0.3 is 15.8 Å². The van der Waals surface area contributed by atoms with Gasteiger partial charge in [0.15, 0.2) is 0 Å². The molecule has 0 saturated carbocycles. The summed E-state index contributed by atoms with van der Waals surface area (Å²) < 4.78 is 5.34. The molecular formula is C16H26ClN3O2. The van der Waals surface area contributed by atoms with Gasteiger partial charge in [0, 0.05) is 38.3 Å². The van der Waals surface area contributed by atoms with Crippen molar-refractivity contribution in [1.82, 2.24) is 10.2 Å². The average Bonchev–Trinajstić information content (AvgIpc) is 2.53. The van der Waals surface area contributed by atoms with Crippen molar-refractivity contribution in [3.63, 3.8) is 0 Å². The lowest BCUT2D eigenvalue weighted by atomic mass is 10.1. The summed E-state index contributed by atoms with van der Waals surface area (Å²) in [6.07, 6.45) is 0. The first-order chi connectivity index (χ1) is 10.2. The second kappa shape index (κ2) is 9.79. The summed E-state index contributed by atoms with van der Waals surface area (Å²) in [5, 5.41) is 3.00. The fourth-order valence-electron chi connectivity index (χ4n) is 2.45. The minimum atomic E-state index is -0.0209.